The molecule has 0 radical (unpaired) electrons. The average molecular weight is 409 g/mol. The maximum atomic E-state index is 12.5. The first-order valence-corrected chi connectivity index (χ1v) is 9.60. The molecule has 0 spiro atoms. The van der Waals surface area contributed by atoms with Gasteiger partial charge in [-0.25, -0.2) is 9.78 Å². The van der Waals surface area contributed by atoms with Crippen molar-refractivity contribution in [1.29, 1.82) is 0 Å². The number of nitrogens with two attached hydrogens (primary N) is 1. The molecule has 142 valence electrons. The number of carboxylic acids is 1. The Morgan fingerprint density at radius 2 is 2.26 bits per heavy atom. The lowest BCUT2D eigenvalue weighted by atomic mass is 10.0. The fourth-order valence-electron chi connectivity index (χ4n) is 2.79. The predicted octanol–water partition coefficient (Wildman–Crippen LogP) is 0.218. The SMILES string of the molecule is C/C=C/C1=C(C(=O)O)N2C(=O)C(NC(=O)/C(=N\O)c3csc(N)n3)[C@@H]2SC1. The highest BCUT2D eigenvalue weighted by Gasteiger charge is 2.54. The Kier molecular flexibility index (Phi) is 5.19. The molecule has 1 aromatic rings. The second-order valence-electron chi connectivity index (χ2n) is 5.56. The minimum atomic E-state index is -1.21. The van der Waals surface area contributed by atoms with Crippen LogP contribution in [0, 0.1) is 0 Å². The number of oxime groups is 1. The van der Waals surface area contributed by atoms with Gasteiger partial charge >= 0.3 is 5.97 Å². The normalized spacial score (nSPS) is 22.6. The molecule has 27 heavy (non-hydrogen) atoms. The molecule has 0 bridgehead atoms. The molecule has 12 heteroatoms. The number of thioether (sulfide) groups is 1. The van der Waals surface area contributed by atoms with E-state index < -0.39 is 29.2 Å². The number of allylic oxidation sites excluding steroid dienone is 2. The minimum absolute atomic E-state index is 0.0823. The molecule has 10 nitrogen and oxygen atoms in total. The van der Waals surface area contributed by atoms with Crippen molar-refractivity contribution in [3.63, 3.8) is 0 Å². The minimum Gasteiger partial charge on any atom is -0.477 e. The number of nitrogens with one attached hydrogen (secondary N) is 1. The summed E-state index contributed by atoms with van der Waals surface area (Å²) in [4.78, 5) is 41.5. The second-order valence-corrected chi connectivity index (χ2v) is 7.55. The number of thiazole rings is 1. The van der Waals surface area contributed by atoms with E-state index in [0.29, 0.717) is 11.3 Å². The number of hydrogen-bond acceptors (Lipinski definition) is 9. The molecule has 1 aromatic heterocycles. The third-order valence-corrected chi connectivity index (χ3v) is 5.91. The highest BCUT2D eigenvalue weighted by Crippen LogP contribution is 2.40. The molecule has 2 aliphatic rings. The number of aliphatic carboxylic acids is 1. The van der Waals surface area contributed by atoms with Crippen LogP contribution in [0.15, 0.2) is 34.0 Å². The quantitative estimate of drug-likeness (QED) is 0.233. The molecule has 1 saturated heterocycles. The predicted molar refractivity (Wildman–Crippen MR) is 99.3 cm³/mol. The lowest BCUT2D eigenvalue weighted by Crippen LogP contribution is -2.71. The van der Waals surface area contributed by atoms with Crippen LogP contribution in [-0.2, 0) is 14.4 Å². The molecule has 0 saturated carbocycles. The topological polar surface area (TPSA) is 158 Å². The third kappa shape index (κ3) is 3.28. The fraction of sp³-hybridized carbons (Fsp3) is 0.267. The van der Waals surface area contributed by atoms with Crippen LogP contribution in [0.25, 0.3) is 0 Å². The summed E-state index contributed by atoms with van der Waals surface area (Å²) in [6.45, 7) is 1.76. The van der Waals surface area contributed by atoms with Crippen LogP contribution in [0.2, 0.25) is 0 Å². The maximum absolute atomic E-state index is 12.5. The Hall–Kier alpha value is -2.86. The zero-order valence-corrected chi connectivity index (χ0v) is 15.6. The van der Waals surface area contributed by atoms with Crippen LogP contribution in [0.1, 0.15) is 12.6 Å². The summed E-state index contributed by atoms with van der Waals surface area (Å²) in [6.07, 6.45) is 3.35. The van der Waals surface area contributed by atoms with Gasteiger partial charge < -0.3 is 21.4 Å². The summed E-state index contributed by atoms with van der Waals surface area (Å²) in [6, 6.07) is -0.934. The first kappa shape index (κ1) is 18.9. The fourth-order valence-corrected chi connectivity index (χ4v) is 4.66. The number of β-lactam (4-membered cyclic amide) rings is 1. The molecular weight excluding hydrogens is 394 g/mol. The number of anilines is 1. The van der Waals surface area contributed by atoms with Gasteiger partial charge in [0.25, 0.3) is 11.8 Å². The van der Waals surface area contributed by atoms with Crippen molar-refractivity contribution in [1.82, 2.24) is 15.2 Å². The van der Waals surface area contributed by atoms with Crippen molar-refractivity contribution in [2.45, 2.75) is 18.3 Å². The van der Waals surface area contributed by atoms with Crippen LogP contribution in [-0.4, -0.2) is 60.9 Å². The maximum Gasteiger partial charge on any atom is 0.352 e. The summed E-state index contributed by atoms with van der Waals surface area (Å²) in [5.74, 6) is -2.17. The van der Waals surface area contributed by atoms with E-state index >= 15 is 0 Å². The van der Waals surface area contributed by atoms with E-state index in [1.165, 1.54) is 17.1 Å². The van der Waals surface area contributed by atoms with Gasteiger partial charge in [-0.15, -0.1) is 23.1 Å². The van der Waals surface area contributed by atoms with Gasteiger partial charge in [-0.1, -0.05) is 17.3 Å². The molecular formula is C15H15N5O5S2. The average Bonchev–Trinajstić information content (AvgIpc) is 3.05. The molecule has 1 fully saturated rings. The van der Waals surface area contributed by atoms with Gasteiger partial charge in [0.2, 0.25) is 0 Å². The van der Waals surface area contributed by atoms with E-state index in [0.717, 1.165) is 16.2 Å². The summed E-state index contributed by atoms with van der Waals surface area (Å²) >= 11 is 2.41. The number of carbonyl (C=O) groups excluding carboxylic acids is 2. The summed E-state index contributed by atoms with van der Waals surface area (Å²) in [5, 5.41) is 25.1. The molecule has 2 atom stereocenters. The molecule has 1 unspecified atom stereocenters. The third-order valence-electron chi connectivity index (χ3n) is 3.93. The van der Waals surface area contributed by atoms with Gasteiger partial charge in [-0.2, -0.15) is 0 Å². The zero-order valence-electron chi connectivity index (χ0n) is 13.9. The van der Waals surface area contributed by atoms with Gasteiger partial charge in [-0.05, 0) is 12.5 Å². The van der Waals surface area contributed by atoms with Crippen molar-refractivity contribution >= 4 is 51.7 Å². The standard InChI is InChI=1S/C15H15N5O5S2/c1-2-3-6-4-26-13-9(12(22)20(13)10(6)14(23)24)18-11(21)8(19-25)7-5-27-15(16)17-7/h2-3,5,9,13,25H,4H2,1H3,(H2,16,17)(H,18,21)(H,23,24)/b3-2+,19-8-/t9?,13-/m0/s1. The van der Waals surface area contributed by atoms with Gasteiger partial charge in [0.05, 0.1) is 0 Å². The molecule has 2 aliphatic heterocycles. The van der Waals surface area contributed by atoms with Gasteiger partial charge in [0, 0.05) is 11.1 Å². The van der Waals surface area contributed by atoms with E-state index in [2.05, 4.69) is 15.5 Å². The molecule has 3 rings (SSSR count). The summed E-state index contributed by atoms with van der Waals surface area (Å²) < 4.78 is 0. The number of hydrogen-bond donors (Lipinski definition) is 4. The molecule has 3 heterocycles. The monoisotopic (exact) mass is 409 g/mol. The summed E-state index contributed by atoms with van der Waals surface area (Å²) in [5.41, 5.74) is 5.66. The highest BCUT2D eigenvalue weighted by atomic mass is 32.2. The first-order valence-electron chi connectivity index (χ1n) is 7.67. The Balaban J connectivity index is 1.79. The highest BCUT2D eigenvalue weighted by molar-refractivity contribution is 8.00. The molecule has 0 aliphatic carbocycles. The Morgan fingerprint density at radius 1 is 1.52 bits per heavy atom. The van der Waals surface area contributed by atoms with E-state index in [4.69, 9.17) is 10.9 Å². The lowest BCUT2D eigenvalue weighted by molar-refractivity contribution is -0.150. The molecule has 2 amide bonds. The van der Waals surface area contributed by atoms with Crippen molar-refractivity contribution < 1.29 is 24.7 Å². The van der Waals surface area contributed by atoms with Crippen molar-refractivity contribution in [3.8, 4) is 0 Å². The molecule has 5 N–H and O–H groups in total. The van der Waals surface area contributed by atoms with Crippen LogP contribution in [0.3, 0.4) is 0 Å². The number of fused-ring (bicyclic) bond motifs is 1. The van der Waals surface area contributed by atoms with Crippen LogP contribution >= 0.6 is 23.1 Å². The van der Waals surface area contributed by atoms with Crippen LogP contribution in [0.5, 0.6) is 0 Å². The smallest absolute Gasteiger partial charge is 0.352 e. The Labute approximate surface area is 161 Å². The zero-order chi connectivity index (χ0) is 19.7. The van der Waals surface area contributed by atoms with E-state index in [1.54, 1.807) is 19.1 Å². The van der Waals surface area contributed by atoms with Crippen LogP contribution < -0.4 is 11.1 Å². The Morgan fingerprint density at radius 3 is 2.81 bits per heavy atom. The van der Waals surface area contributed by atoms with Crippen molar-refractivity contribution in [2.24, 2.45) is 5.16 Å². The largest absolute Gasteiger partial charge is 0.477 e. The number of nitrogens with zero attached hydrogens (tertiary/aromatic N) is 3. The van der Waals surface area contributed by atoms with Gasteiger partial charge in [0.15, 0.2) is 10.8 Å². The number of aromatic nitrogens is 1. The number of nitrogen functional groups attached to an aromatic ring is 1. The Bertz CT molecular complexity index is 906. The first-order chi connectivity index (χ1) is 12.9. The van der Waals surface area contributed by atoms with Crippen molar-refractivity contribution in [2.75, 3.05) is 11.5 Å². The van der Waals surface area contributed by atoms with E-state index in [9.17, 15) is 19.5 Å². The number of carbonyl (C=O) groups is 3. The van der Waals surface area contributed by atoms with E-state index in [-0.39, 0.29) is 22.2 Å². The van der Waals surface area contributed by atoms with Crippen LogP contribution in [0.4, 0.5) is 5.13 Å². The number of rotatable bonds is 5. The van der Waals surface area contributed by atoms with Crippen molar-refractivity contribution in [3.05, 3.63) is 34.5 Å². The van der Waals surface area contributed by atoms with Gasteiger partial charge in [-0.3, -0.25) is 14.5 Å². The number of carboxylic acid groups (broad SMARTS) is 1. The second kappa shape index (κ2) is 7.40. The lowest BCUT2D eigenvalue weighted by Gasteiger charge is -2.49. The number of amides is 2. The van der Waals surface area contributed by atoms with E-state index in [1.807, 2.05) is 0 Å². The summed E-state index contributed by atoms with van der Waals surface area (Å²) in [7, 11) is 0. The molecule has 0 aromatic carbocycles. The van der Waals surface area contributed by atoms with Gasteiger partial charge in [0.1, 0.15) is 22.8 Å².